The standard InChI is InChI=1S/C31H25NO8/c1-13-4-3-5-18(27(13)35)24-16-8-9-19-25(20(16)12-21-22(33)10-14(2)28(36)26(21)24)30(38)32(29(19)37)15-6-7-17(31(39)40)23(34)11-15/h3-8,10-11,19-20,24-25,34-35H,9,12H2,1-2H3,(H,39,40). The first-order chi connectivity index (χ1) is 19.0. The minimum Gasteiger partial charge on any atom is -0.507 e. The van der Waals surface area contributed by atoms with Crippen molar-refractivity contribution in [2.24, 2.45) is 17.8 Å². The van der Waals surface area contributed by atoms with E-state index in [9.17, 15) is 39.3 Å². The monoisotopic (exact) mass is 539 g/mol. The lowest BCUT2D eigenvalue weighted by molar-refractivity contribution is -0.123. The van der Waals surface area contributed by atoms with E-state index in [1.54, 1.807) is 32.0 Å². The first kappa shape index (κ1) is 25.5. The molecule has 202 valence electrons. The number of rotatable bonds is 3. The molecule has 0 bridgehead atoms. The predicted octanol–water partition coefficient (Wildman–Crippen LogP) is 3.74. The molecule has 1 aliphatic heterocycles. The normalized spacial score (nSPS) is 25.8. The zero-order chi connectivity index (χ0) is 28.6. The summed E-state index contributed by atoms with van der Waals surface area (Å²) in [7, 11) is 0. The molecule has 1 fully saturated rings. The Hall–Kier alpha value is -4.79. The fourth-order valence-electron chi connectivity index (χ4n) is 6.73. The van der Waals surface area contributed by atoms with Crippen molar-refractivity contribution in [3.05, 3.63) is 87.5 Å². The molecule has 4 unspecified atom stereocenters. The number of benzene rings is 2. The number of ketones is 2. The van der Waals surface area contributed by atoms with E-state index >= 15 is 0 Å². The van der Waals surface area contributed by atoms with Gasteiger partial charge in [0.25, 0.3) is 0 Å². The Bertz CT molecular complexity index is 1680. The summed E-state index contributed by atoms with van der Waals surface area (Å²) in [6.07, 6.45) is 3.45. The third kappa shape index (κ3) is 3.50. The van der Waals surface area contributed by atoms with E-state index in [1.807, 2.05) is 6.08 Å². The van der Waals surface area contributed by atoms with Gasteiger partial charge in [-0.2, -0.15) is 0 Å². The highest BCUT2D eigenvalue weighted by Crippen LogP contribution is 2.56. The Morgan fingerprint density at radius 2 is 1.73 bits per heavy atom. The quantitative estimate of drug-likeness (QED) is 0.303. The van der Waals surface area contributed by atoms with Crippen LogP contribution in [0.15, 0.2) is 70.8 Å². The van der Waals surface area contributed by atoms with Crippen LogP contribution in [0.3, 0.4) is 0 Å². The second-order valence-electron chi connectivity index (χ2n) is 10.8. The lowest BCUT2D eigenvalue weighted by Gasteiger charge is -2.42. The number of para-hydroxylation sites is 1. The average Bonchev–Trinajstić information content (AvgIpc) is 3.17. The van der Waals surface area contributed by atoms with Crippen LogP contribution < -0.4 is 4.90 Å². The number of carboxylic acids is 1. The number of aromatic hydroxyl groups is 2. The van der Waals surface area contributed by atoms with Gasteiger partial charge in [-0.15, -0.1) is 0 Å². The van der Waals surface area contributed by atoms with Crippen LogP contribution in [-0.2, 0) is 19.2 Å². The van der Waals surface area contributed by atoms with E-state index < -0.39 is 47.2 Å². The molecule has 4 aliphatic rings. The van der Waals surface area contributed by atoms with Gasteiger partial charge in [-0.3, -0.25) is 19.2 Å². The van der Waals surface area contributed by atoms with Crippen LogP contribution in [0.25, 0.3) is 0 Å². The maximum absolute atomic E-state index is 13.9. The molecule has 0 spiro atoms. The molecule has 9 nitrogen and oxygen atoms in total. The fraction of sp³-hybridized carbons (Fsp3) is 0.258. The molecular formula is C31H25NO8. The van der Waals surface area contributed by atoms with Crippen LogP contribution >= 0.6 is 0 Å². The van der Waals surface area contributed by atoms with E-state index in [-0.39, 0.29) is 47.0 Å². The van der Waals surface area contributed by atoms with E-state index in [4.69, 9.17) is 0 Å². The molecule has 2 aromatic carbocycles. The van der Waals surface area contributed by atoms with Gasteiger partial charge in [0.15, 0.2) is 11.6 Å². The van der Waals surface area contributed by atoms with Crippen molar-refractivity contribution >= 4 is 35.0 Å². The lowest BCUT2D eigenvalue weighted by atomic mass is 9.59. The fourth-order valence-corrected chi connectivity index (χ4v) is 6.73. The molecule has 3 N–H and O–H groups in total. The molecule has 1 saturated heterocycles. The Morgan fingerprint density at radius 3 is 2.42 bits per heavy atom. The predicted molar refractivity (Wildman–Crippen MR) is 142 cm³/mol. The second kappa shape index (κ2) is 8.87. The number of amides is 2. The molecule has 3 aliphatic carbocycles. The number of aromatic carboxylic acids is 1. The summed E-state index contributed by atoms with van der Waals surface area (Å²) >= 11 is 0. The number of nitrogens with zero attached hydrogens (tertiary/aromatic N) is 1. The molecular weight excluding hydrogens is 514 g/mol. The summed E-state index contributed by atoms with van der Waals surface area (Å²) in [6, 6.07) is 8.72. The molecule has 2 aromatic rings. The number of anilines is 1. The zero-order valence-electron chi connectivity index (χ0n) is 21.7. The van der Waals surface area contributed by atoms with E-state index in [1.165, 1.54) is 12.1 Å². The van der Waals surface area contributed by atoms with Crippen LogP contribution in [0.1, 0.15) is 47.2 Å². The van der Waals surface area contributed by atoms with Crippen LogP contribution in [0.4, 0.5) is 5.69 Å². The van der Waals surface area contributed by atoms with Crippen LogP contribution in [0, 0.1) is 24.7 Å². The molecule has 9 heteroatoms. The van der Waals surface area contributed by atoms with Crippen molar-refractivity contribution in [1.82, 2.24) is 0 Å². The van der Waals surface area contributed by atoms with E-state index in [0.717, 1.165) is 17.0 Å². The van der Waals surface area contributed by atoms with E-state index in [0.29, 0.717) is 27.8 Å². The van der Waals surface area contributed by atoms with Gasteiger partial charge in [0, 0.05) is 34.3 Å². The van der Waals surface area contributed by atoms with Crippen molar-refractivity contribution in [1.29, 1.82) is 0 Å². The molecule has 2 amide bonds. The SMILES string of the molecule is CC1=CC(=O)C2=C(C1=O)C(c1cccc(C)c1O)C1=CCC3C(=O)N(c4ccc(C(=O)O)c(O)c4)C(=O)C3C1C2. The summed E-state index contributed by atoms with van der Waals surface area (Å²) in [5.74, 6) is -6.46. The minimum absolute atomic E-state index is 0.0000691. The Kier molecular flexibility index (Phi) is 5.65. The largest absolute Gasteiger partial charge is 0.507 e. The number of carbonyl (C=O) groups is 5. The maximum Gasteiger partial charge on any atom is 0.339 e. The summed E-state index contributed by atoms with van der Waals surface area (Å²) in [4.78, 5) is 66.4. The maximum atomic E-state index is 13.9. The van der Waals surface area contributed by atoms with Crippen LogP contribution in [0.5, 0.6) is 11.5 Å². The Balaban J connectivity index is 1.48. The number of imide groups is 1. The van der Waals surface area contributed by atoms with Gasteiger partial charge in [0.1, 0.15) is 17.1 Å². The number of carbonyl (C=O) groups excluding carboxylic acids is 4. The summed E-state index contributed by atoms with van der Waals surface area (Å²) in [6.45, 7) is 3.32. The highest BCUT2D eigenvalue weighted by Gasteiger charge is 2.57. The van der Waals surface area contributed by atoms with Crippen molar-refractivity contribution < 1.29 is 39.3 Å². The molecule has 0 saturated carbocycles. The average molecular weight is 540 g/mol. The molecule has 1 heterocycles. The van der Waals surface area contributed by atoms with Crippen molar-refractivity contribution in [2.45, 2.75) is 32.6 Å². The van der Waals surface area contributed by atoms with Gasteiger partial charge < -0.3 is 15.3 Å². The molecule has 6 rings (SSSR count). The van der Waals surface area contributed by atoms with Gasteiger partial charge in [0.05, 0.1) is 17.5 Å². The van der Waals surface area contributed by atoms with Crippen LogP contribution in [-0.4, -0.2) is 44.7 Å². The smallest absolute Gasteiger partial charge is 0.339 e. The summed E-state index contributed by atoms with van der Waals surface area (Å²) in [5.41, 5.74) is 2.35. The van der Waals surface area contributed by atoms with Crippen LogP contribution in [0.2, 0.25) is 0 Å². The third-order valence-corrected chi connectivity index (χ3v) is 8.61. The van der Waals surface area contributed by atoms with Gasteiger partial charge in [0.2, 0.25) is 11.8 Å². The number of phenolic OH excluding ortho intramolecular Hbond substituents is 1. The number of Topliss-reactive ketones (excluding diaryl/α,β-unsaturated/α-hetero) is 1. The first-order valence-electron chi connectivity index (χ1n) is 12.9. The molecule has 4 atom stereocenters. The summed E-state index contributed by atoms with van der Waals surface area (Å²) in [5, 5.41) is 30.5. The number of phenols is 2. The number of allylic oxidation sites excluding steroid dienone is 6. The molecule has 40 heavy (non-hydrogen) atoms. The van der Waals surface area contributed by atoms with Gasteiger partial charge in [-0.1, -0.05) is 29.8 Å². The zero-order valence-corrected chi connectivity index (χ0v) is 21.7. The summed E-state index contributed by atoms with van der Waals surface area (Å²) < 4.78 is 0. The van der Waals surface area contributed by atoms with Gasteiger partial charge in [-0.05, 0) is 56.4 Å². The number of hydrogen-bond donors (Lipinski definition) is 3. The number of hydrogen-bond acceptors (Lipinski definition) is 7. The van der Waals surface area contributed by atoms with Gasteiger partial charge >= 0.3 is 5.97 Å². The third-order valence-electron chi connectivity index (χ3n) is 8.61. The Labute approximate surface area is 228 Å². The first-order valence-corrected chi connectivity index (χ1v) is 12.9. The Morgan fingerprint density at radius 1 is 0.975 bits per heavy atom. The second-order valence-corrected chi connectivity index (χ2v) is 10.8. The highest BCUT2D eigenvalue weighted by atomic mass is 16.4. The number of aryl methyl sites for hydroxylation is 1. The van der Waals surface area contributed by atoms with Crippen molar-refractivity contribution in [3.63, 3.8) is 0 Å². The van der Waals surface area contributed by atoms with Gasteiger partial charge in [-0.25, -0.2) is 9.69 Å². The number of carboxylic acid groups (broad SMARTS) is 1. The van der Waals surface area contributed by atoms with Crippen molar-refractivity contribution in [3.8, 4) is 11.5 Å². The topological polar surface area (TPSA) is 149 Å². The molecule has 0 radical (unpaired) electrons. The number of fused-ring (bicyclic) bond motifs is 3. The van der Waals surface area contributed by atoms with E-state index in [2.05, 4.69) is 0 Å². The minimum atomic E-state index is -1.35. The lowest BCUT2D eigenvalue weighted by Crippen LogP contribution is -2.39. The molecule has 0 aromatic heterocycles. The van der Waals surface area contributed by atoms with Crippen molar-refractivity contribution in [2.75, 3.05) is 4.90 Å². The highest BCUT2D eigenvalue weighted by molar-refractivity contribution is 6.25.